The third kappa shape index (κ3) is 4.62. The van der Waals surface area contributed by atoms with Gasteiger partial charge in [-0.15, -0.1) is 0 Å². The number of rotatable bonds is 8. The molecule has 3 nitrogen and oxygen atoms in total. The molecular weight excluding hydrogens is 246 g/mol. The maximum absolute atomic E-state index is 4.82. The van der Waals surface area contributed by atoms with Crippen LogP contribution in [0, 0.1) is 0 Å². The third-order valence-corrected chi connectivity index (χ3v) is 4.29. The van der Waals surface area contributed by atoms with Gasteiger partial charge in [-0.1, -0.05) is 46.5 Å². The second-order valence-electron chi connectivity index (χ2n) is 6.59. The van der Waals surface area contributed by atoms with Gasteiger partial charge in [0.15, 0.2) is 0 Å². The lowest BCUT2D eigenvalue weighted by atomic mass is 10.0. The second-order valence-corrected chi connectivity index (χ2v) is 6.59. The van der Waals surface area contributed by atoms with E-state index in [2.05, 4.69) is 43.0 Å². The van der Waals surface area contributed by atoms with Crippen LogP contribution in [0.15, 0.2) is 12.3 Å². The summed E-state index contributed by atoms with van der Waals surface area (Å²) in [6.07, 6.45) is 12.4. The molecule has 1 saturated carbocycles. The van der Waals surface area contributed by atoms with E-state index in [-0.39, 0.29) is 0 Å². The fraction of sp³-hybridized carbons (Fsp3) is 0.824. The fourth-order valence-corrected chi connectivity index (χ4v) is 3.28. The van der Waals surface area contributed by atoms with E-state index >= 15 is 0 Å². The molecule has 1 N–H and O–H groups in total. The highest BCUT2D eigenvalue weighted by molar-refractivity contribution is 5.03. The molecule has 0 spiro atoms. The monoisotopic (exact) mass is 277 g/mol. The van der Waals surface area contributed by atoms with Crippen molar-refractivity contribution in [2.24, 2.45) is 0 Å². The van der Waals surface area contributed by atoms with Gasteiger partial charge in [0.1, 0.15) is 0 Å². The molecule has 1 aromatic rings. The van der Waals surface area contributed by atoms with Gasteiger partial charge in [-0.05, 0) is 25.3 Å². The van der Waals surface area contributed by atoms with Gasteiger partial charge in [-0.3, -0.25) is 4.68 Å². The predicted molar refractivity (Wildman–Crippen MR) is 85.0 cm³/mol. The first-order valence-electron chi connectivity index (χ1n) is 8.49. The van der Waals surface area contributed by atoms with Gasteiger partial charge < -0.3 is 5.32 Å². The molecule has 1 atom stereocenters. The molecule has 1 fully saturated rings. The van der Waals surface area contributed by atoms with Crippen LogP contribution in [-0.4, -0.2) is 21.9 Å². The van der Waals surface area contributed by atoms with Gasteiger partial charge in [-0.25, -0.2) is 0 Å². The van der Waals surface area contributed by atoms with Gasteiger partial charge >= 0.3 is 0 Å². The predicted octanol–water partition coefficient (Wildman–Crippen LogP) is 4.10. The highest BCUT2D eigenvalue weighted by Gasteiger charge is 2.18. The van der Waals surface area contributed by atoms with Crippen LogP contribution in [0.3, 0.4) is 0 Å². The summed E-state index contributed by atoms with van der Waals surface area (Å²) >= 11 is 0. The Balaban J connectivity index is 1.91. The van der Waals surface area contributed by atoms with E-state index in [0.717, 1.165) is 6.42 Å². The van der Waals surface area contributed by atoms with Crippen molar-refractivity contribution in [2.45, 2.75) is 90.3 Å². The Morgan fingerprint density at radius 2 is 2.10 bits per heavy atom. The molecule has 1 heterocycles. The Kier molecular flexibility index (Phi) is 6.08. The second kappa shape index (κ2) is 7.82. The first-order chi connectivity index (χ1) is 9.69. The molecule has 0 amide bonds. The summed E-state index contributed by atoms with van der Waals surface area (Å²) in [6, 6.07) is 4.01. The zero-order valence-electron chi connectivity index (χ0n) is 13.4. The summed E-state index contributed by atoms with van der Waals surface area (Å²) in [4.78, 5) is 0. The number of hydrogen-bond acceptors (Lipinski definition) is 2. The minimum Gasteiger partial charge on any atom is -0.311 e. The molecule has 114 valence electrons. The van der Waals surface area contributed by atoms with Crippen molar-refractivity contribution in [3.8, 4) is 0 Å². The molecule has 0 bridgehead atoms. The Labute approximate surface area is 124 Å². The molecular formula is C17H31N3. The fourth-order valence-electron chi connectivity index (χ4n) is 3.28. The van der Waals surface area contributed by atoms with Crippen LogP contribution in [0.2, 0.25) is 0 Å². The minimum atomic E-state index is 0.550. The highest BCUT2D eigenvalue weighted by atomic mass is 15.3. The first kappa shape index (κ1) is 15.6. The van der Waals surface area contributed by atoms with E-state index in [0.29, 0.717) is 18.1 Å². The van der Waals surface area contributed by atoms with Crippen LogP contribution in [0.1, 0.15) is 77.5 Å². The van der Waals surface area contributed by atoms with E-state index in [1.807, 2.05) is 0 Å². The average Bonchev–Trinajstić information content (AvgIpc) is 3.05. The highest BCUT2D eigenvalue weighted by Crippen LogP contribution is 2.28. The van der Waals surface area contributed by atoms with Crippen LogP contribution in [0.5, 0.6) is 0 Å². The average molecular weight is 277 g/mol. The zero-order valence-corrected chi connectivity index (χ0v) is 13.4. The van der Waals surface area contributed by atoms with Gasteiger partial charge in [0.2, 0.25) is 0 Å². The molecule has 1 unspecified atom stereocenters. The van der Waals surface area contributed by atoms with Gasteiger partial charge in [0.05, 0.1) is 11.7 Å². The number of hydrogen-bond donors (Lipinski definition) is 1. The van der Waals surface area contributed by atoms with Gasteiger partial charge in [-0.2, -0.15) is 5.10 Å². The van der Waals surface area contributed by atoms with Crippen molar-refractivity contribution in [3.05, 3.63) is 18.0 Å². The molecule has 0 aromatic carbocycles. The summed E-state index contributed by atoms with van der Waals surface area (Å²) in [5.41, 5.74) is 1.26. The molecule has 1 aromatic heterocycles. The topological polar surface area (TPSA) is 29.9 Å². The van der Waals surface area contributed by atoms with E-state index in [9.17, 15) is 0 Å². The molecule has 3 heteroatoms. The van der Waals surface area contributed by atoms with Gasteiger partial charge in [0, 0.05) is 24.7 Å². The van der Waals surface area contributed by atoms with Gasteiger partial charge in [0.25, 0.3) is 0 Å². The number of unbranched alkanes of at least 4 members (excludes halogenated alkanes) is 1. The number of aromatic nitrogens is 2. The molecule has 2 rings (SSSR count). The van der Waals surface area contributed by atoms with Crippen LogP contribution in [0.25, 0.3) is 0 Å². The smallest absolute Gasteiger partial charge is 0.0640 e. The van der Waals surface area contributed by atoms with Crippen LogP contribution in [-0.2, 0) is 6.42 Å². The zero-order chi connectivity index (χ0) is 14.4. The molecule has 20 heavy (non-hydrogen) atoms. The van der Waals surface area contributed by atoms with Crippen molar-refractivity contribution in [2.75, 3.05) is 0 Å². The molecule has 0 aliphatic heterocycles. The van der Waals surface area contributed by atoms with Crippen molar-refractivity contribution in [1.29, 1.82) is 0 Å². The lowest BCUT2D eigenvalue weighted by Crippen LogP contribution is -2.36. The van der Waals surface area contributed by atoms with E-state index in [1.165, 1.54) is 50.6 Å². The normalized spacial score (nSPS) is 18.0. The maximum atomic E-state index is 4.82. The van der Waals surface area contributed by atoms with E-state index in [4.69, 9.17) is 5.10 Å². The summed E-state index contributed by atoms with van der Waals surface area (Å²) in [5, 5.41) is 8.52. The maximum Gasteiger partial charge on any atom is 0.0640 e. The largest absolute Gasteiger partial charge is 0.311 e. The Morgan fingerprint density at radius 3 is 2.75 bits per heavy atom. The molecule has 1 aliphatic carbocycles. The van der Waals surface area contributed by atoms with E-state index < -0.39 is 0 Å². The van der Waals surface area contributed by atoms with Crippen LogP contribution < -0.4 is 5.32 Å². The Hall–Kier alpha value is -0.830. The van der Waals surface area contributed by atoms with Crippen LogP contribution in [0.4, 0.5) is 0 Å². The summed E-state index contributed by atoms with van der Waals surface area (Å²) in [7, 11) is 0. The minimum absolute atomic E-state index is 0.550. The quantitative estimate of drug-likeness (QED) is 0.775. The van der Waals surface area contributed by atoms with E-state index in [1.54, 1.807) is 0 Å². The summed E-state index contributed by atoms with van der Waals surface area (Å²) < 4.78 is 2.22. The van der Waals surface area contributed by atoms with Crippen molar-refractivity contribution in [1.82, 2.24) is 15.1 Å². The summed E-state index contributed by atoms with van der Waals surface area (Å²) in [6.45, 7) is 6.73. The third-order valence-electron chi connectivity index (χ3n) is 4.29. The van der Waals surface area contributed by atoms with Crippen molar-refractivity contribution < 1.29 is 0 Å². The number of nitrogens with zero attached hydrogens (tertiary/aromatic N) is 2. The Bertz CT molecular complexity index is 377. The summed E-state index contributed by atoms with van der Waals surface area (Å²) in [5.74, 6) is 0. The lowest BCUT2D eigenvalue weighted by Gasteiger charge is -2.20. The SMILES string of the molecule is CCCCC(Cc1ccn(C2CCCC2)n1)NC(C)C. The lowest BCUT2D eigenvalue weighted by molar-refractivity contribution is 0.414. The molecule has 0 radical (unpaired) electrons. The Morgan fingerprint density at radius 1 is 1.35 bits per heavy atom. The van der Waals surface area contributed by atoms with Crippen LogP contribution >= 0.6 is 0 Å². The molecule has 0 saturated heterocycles. The first-order valence-corrected chi connectivity index (χ1v) is 8.49. The number of nitrogens with one attached hydrogen (secondary N) is 1. The molecule has 1 aliphatic rings. The van der Waals surface area contributed by atoms with Crippen molar-refractivity contribution >= 4 is 0 Å². The van der Waals surface area contributed by atoms with Crippen molar-refractivity contribution in [3.63, 3.8) is 0 Å². The standard InChI is InChI=1S/C17H31N3/c1-4-5-8-15(18-14(2)3)13-16-11-12-20(19-16)17-9-6-7-10-17/h11-12,14-15,17-18H,4-10,13H2,1-3H3.